The molecule has 0 amide bonds. The maximum absolute atomic E-state index is 12.4. The highest BCUT2D eigenvalue weighted by molar-refractivity contribution is 7.92. The van der Waals surface area contributed by atoms with Gasteiger partial charge in [0.1, 0.15) is 5.82 Å². The van der Waals surface area contributed by atoms with Gasteiger partial charge in [-0.2, -0.15) is 5.10 Å². The summed E-state index contributed by atoms with van der Waals surface area (Å²) in [5.41, 5.74) is -0.423. The Labute approximate surface area is 133 Å². The minimum atomic E-state index is -3.99. The fourth-order valence-electron chi connectivity index (χ4n) is 1.98. The number of nitrogens with zero attached hydrogens (tertiary/aromatic N) is 3. The average molecular weight is 340 g/mol. The molecule has 1 aromatic heterocycles. The highest BCUT2D eigenvalue weighted by Gasteiger charge is 2.23. The van der Waals surface area contributed by atoms with Crippen LogP contribution >= 0.6 is 0 Å². The van der Waals surface area contributed by atoms with E-state index in [4.69, 9.17) is 4.74 Å². The Kier molecular flexibility index (Phi) is 4.55. The van der Waals surface area contributed by atoms with E-state index >= 15 is 0 Å². The van der Waals surface area contributed by atoms with Crippen molar-refractivity contribution in [2.45, 2.75) is 24.8 Å². The Bertz CT molecular complexity index is 829. The molecule has 0 aliphatic heterocycles. The fourth-order valence-corrected chi connectivity index (χ4v) is 3.05. The highest BCUT2D eigenvalue weighted by atomic mass is 32.2. The first kappa shape index (κ1) is 16.7. The number of methoxy groups -OCH3 is 1. The lowest BCUT2D eigenvalue weighted by molar-refractivity contribution is -0.386. The molecule has 124 valence electrons. The molecule has 0 saturated heterocycles. The van der Waals surface area contributed by atoms with Gasteiger partial charge in [0, 0.05) is 18.2 Å². The third-order valence-electron chi connectivity index (χ3n) is 3.06. The van der Waals surface area contributed by atoms with Crippen LogP contribution in [-0.4, -0.2) is 30.2 Å². The molecule has 0 saturated carbocycles. The second-order valence-electron chi connectivity index (χ2n) is 4.95. The number of hydrogen-bond acceptors (Lipinski definition) is 6. The number of nitrogens with one attached hydrogen (secondary N) is 1. The summed E-state index contributed by atoms with van der Waals surface area (Å²) >= 11 is 0. The topological polar surface area (TPSA) is 116 Å². The predicted octanol–water partition coefficient (Wildman–Crippen LogP) is 2.18. The Morgan fingerprint density at radius 3 is 2.61 bits per heavy atom. The summed E-state index contributed by atoms with van der Waals surface area (Å²) in [5.74, 6) is 0.264. The quantitative estimate of drug-likeness (QED) is 0.636. The van der Waals surface area contributed by atoms with Crippen LogP contribution in [0.1, 0.15) is 19.9 Å². The largest absolute Gasteiger partial charge is 0.490 e. The van der Waals surface area contributed by atoms with Gasteiger partial charge in [0.25, 0.3) is 10.0 Å². The van der Waals surface area contributed by atoms with E-state index in [-0.39, 0.29) is 22.5 Å². The first-order valence-corrected chi connectivity index (χ1v) is 8.13. The van der Waals surface area contributed by atoms with E-state index in [0.717, 1.165) is 6.07 Å². The zero-order chi connectivity index (χ0) is 17.2. The average Bonchev–Trinajstić information content (AvgIpc) is 2.94. The van der Waals surface area contributed by atoms with Crippen molar-refractivity contribution >= 4 is 21.5 Å². The number of nitro benzene ring substituents is 1. The summed E-state index contributed by atoms with van der Waals surface area (Å²) in [6, 6.07) is 4.90. The van der Waals surface area contributed by atoms with E-state index in [0.29, 0.717) is 0 Å². The van der Waals surface area contributed by atoms with Crippen molar-refractivity contribution in [2.24, 2.45) is 0 Å². The van der Waals surface area contributed by atoms with Crippen LogP contribution in [0, 0.1) is 10.1 Å². The van der Waals surface area contributed by atoms with E-state index in [2.05, 4.69) is 9.82 Å². The molecule has 1 aromatic carbocycles. The SMILES string of the molecule is COc1ccc(S(=O)(=O)Nc2ccnn2C(C)C)cc1[N+](=O)[O-]. The van der Waals surface area contributed by atoms with Crippen molar-refractivity contribution in [3.8, 4) is 5.75 Å². The molecule has 9 nitrogen and oxygen atoms in total. The van der Waals surface area contributed by atoms with Crippen molar-refractivity contribution < 1.29 is 18.1 Å². The van der Waals surface area contributed by atoms with Crippen LogP contribution in [0.5, 0.6) is 5.75 Å². The second-order valence-corrected chi connectivity index (χ2v) is 6.63. The number of benzene rings is 1. The molecule has 1 N–H and O–H groups in total. The van der Waals surface area contributed by atoms with E-state index in [1.165, 1.54) is 36.2 Å². The van der Waals surface area contributed by atoms with E-state index in [9.17, 15) is 18.5 Å². The molecule has 0 bridgehead atoms. The van der Waals surface area contributed by atoms with Crippen LogP contribution in [0.2, 0.25) is 0 Å². The molecule has 0 radical (unpaired) electrons. The van der Waals surface area contributed by atoms with Crippen LogP contribution in [0.4, 0.5) is 11.5 Å². The fraction of sp³-hybridized carbons (Fsp3) is 0.308. The molecule has 0 fully saturated rings. The van der Waals surface area contributed by atoms with Gasteiger partial charge in [0.15, 0.2) is 5.75 Å². The molecule has 0 atom stereocenters. The predicted molar refractivity (Wildman–Crippen MR) is 83.1 cm³/mol. The number of rotatable bonds is 6. The van der Waals surface area contributed by atoms with Gasteiger partial charge < -0.3 is 4.74 Å². The molecular weight excluding hydrogens is 324 g/mol. The Hall–Kier alpha value is -2.62. The van der Waals surface area contributed by atoms with Crippen LogP contribution in [0.25, 0.3) is 0 Å². The van der Waals surface area contributed by atoms with Crippen molar-refractivity contribution in [3.05, 3.63) is 40.6 Å². The monoisotopic (exact) mass is 340 g/mol. The summed E-state index contributed by atoms with van der Waals surface area (Å²) in [7, 11) is -2.72. The summed E-state index contributed by atoms with van der Waals surface area (Å²) in [6.45, 7) is 3.70. The van der Waals surface area contributed by atoms with Crippen molar-refractivity contribution in [1.29, 1.82) is 0 Å². The van der Waals surface area contributed by atoms with Crippen LogP contribution in [-0.2, 0) is 10.0 Å². The molecule has 2 rings (SSSR count). The van der Waals surface area contributed by atoms with Gasteiger partial charge in [-0.1, -0.05) is 0 Å². The lowest BCUT2D eigenvalue weighted by atomic mass is 10.3. The maximum Gasteiger partial charge on any atom is 0.312 e. The van der Waals surface area contributed by atoms with Gasteiger partial charge in [0.2, 0.25) is 0 Å². The highest BCUT2D eigenvalue weighted by Crippen LogP contribution is 2.30. The number of sulfonamides is 1. The molecule has 10 heteroatoms. The summed E-state index contributed by atoms with van der Waals surface area (Å²) < 4.78 is 33.6. The van der Waals surface area contributed by atoms with Gasteiger partial charge in [-0.15, -0.1) is 0 Å². The molecule has 0 spiro atoms. The van der Waals surface area contributed by atoms with Gasteiger partial charge in [0.05, 0.1) is 23.1 Å². The molecule has 0 unspecified atom stereocenters. The third kappa shape index (κ3) is 3.42. The number of nitro groups is 1. The number of hydrogen-bond donors (Lipinski definition) is 1. The number of aromatic nitrogens is 2. The summed E-state index contributed by atoms with van der Waals surface area (Å²) in [6.07, 6.45) is 1.47. The maximum atomic E-state index is 12.4. The van der Waals surface area contributed by atoms with Crippen LogP contribution in [0.3, 0.4) is 0 Å². The van der Waals surface area contributed by atoms with Crippen molar-refractivity contribution in [1.82, 2.24) is 9.78 Å². The molecule has 23 heavy (non-hydrogen) atoms. The van der Waals surface area contributed by atoms with Crippen LogP contribution < -0.4 is 9.46 Å². The van der Waals surface area contributed by atoms with E-state index < -0.39 is 20.6 Å². The lowest BCUT2D eigenvalue weighted by Gasteiger charge is -2.13. The second kappa shape index (κ2) is 6.24. The van der Waals surface area contributed by atoms with Gasteiger partial charge >= 0.3 is 5.69 Å². The standard InChI is InChI=1S/C13H16N4O5S/c1-9(2)16-13(6-7-14-16)15-23(20,21)10-4-5-12(22-3)11(8-10)17(18)19/h4-9,15H,1-3H3. The van der Waals surface area contributed by atoms with Gasteiger partial charge in [-0.25, -0.2) is 13.1 Å². The zero-order valence-corrected chi connectivity index (χ0v) is 13.6. The van der Waals surface area contributed by atoms with Crippen LogP contribution in [0.15, 0.2) is 35.4 Å². The molecular formula is C13H16N4O5S. The van der Waals surface area contributed by atoms with E-state index in [1.807, 2.05) is 13.8 Å². The molecule has 0 aliphatic carbocycles. The first-order valence-electron chi connectivity index (χ1n) is 6.65. The summed E-state index contributed by atoms with van der Waals surface area (Å²) in [5, 5.41) is 15.0. The van der Waals surface area contributed by atoms with Crippen molar-refractivity contribution in [3.63, 3.8) is 0 Å². The molecule has 0 aliphatic rings. The van der Waals surface area contributed by atoms with Crippen molar-refractivity contribution in [2.75, 3.05) is 11.8 Å². The minimum Gasteiger partial charge on any atom is -0.490 e. The summed E-state index contributed by atoms with van der Waals surface area (Å²) in [4.78, 5) is 10.1. The Balaban J connectivity index is 2.42. The molecule has 1 heterocycles. The molecule has 2 aromatic rings. The van der Waals surface area contributed by atoms with Gasteiger partial charge in [-0.05, 0) is 26.0 Å². The van der Waals surface area contributed by atoms with E-state index in [1.54, 1.807) is 0 Å². The minimum absolute atomic E-state index is 0.0128. The lowest BCUT2D eigenvalue weighted by Crippen LogP contribution is -2.17. The normalized spacial score (nSPS) is 11.5. The Morgan fingerprint density at radius 2 is 2.04 bits per heavy atom. The number of ether oxygens (including phenoxy) is 1. The Morgan fingerprint density at radius 1 is 1.35 bits per heavy atom. The third-order valence-corrected chi connectivity index (χ3v) is 4.41. The van der Waals surface area contributed by atoms with Gasteiger partial charge in [-0.3, -0.25) is 14.8 Å². The first-order chi connectivity index (χ1) is 10.8. The smallest absolute Gasteiger partial charge is 0.312 e. The zero-order valence-electron chi connectivity index (χ0n) is 12.8. The number of anilines is 1.